The molecule has 1 aliphatic rings. The minimum Gasteiger partial charge on any atom is -0.362 e. The molecular weight excluding hydrogens is 300 g/mol. The van der Waals surface area contributed by atoms with Crippen LogP contribution in [0.4, 0.5) is 5.82 Å². The SMILES string of the molecule is CC1CCCC(CCl)(Nc2ncccc2Br)C1. The topological polar surface area (TPSA) is 24.9 Å². The zero-order valence-corrected chi connectivity index (χ0v) is 12.4. The third-order valence-electron chi connectivity index (χ3n) is 3.49. The quantitative estimate of drug-likeness (QED) is 0.833. The van der Waals surface area contributed by atoms with Gasteiger partial charge in [0.15, 0.2) is 0 Å². The third kappa shape index (κ3) is 3.14. The van der Waals surface area contributed by atoms with Gasteiger partial charge in [0.2, 0.25) is 0 Å². The first-order chi connectivity index (χ1) is 8.15. The van der Waals surface area contributed by atoms with Crippen LogP contribution in [0, 0.1) is 5.92 Å². The molecule has 2 atom stereocenters. The van der Waals surface area contributed by atoms with Gasteiger partial charge in [-0.3, -0.25) is 0 Å². The molecule has 2 unspecified atom stereocenters. The van der Waals surface area contributed by atoms with E-state index in [0.717, 1.165) is 29.1 Å². The molecule has 1 saturated carbocycles. The van der Waals surface area contributed by atoms with E-state index < -0.39 is 0 Å². The number of alkyl halides is 1. The number of anilines is 1. The Morgan fingerprint density at radius 2 is 2.47 bits per heavy atom. The minimum atomic E-state index is 0.0100. The highest BCUT2D eigenvalue weighted by molar-refractivity contribution is 9.10. The number of rotatable bonds is 3. The van der Waals surface area contributed by atoms with E-state index in [1.165, 1.54) is 12.8 Å². The van der Waals surface area contributed by atoms with Crippen LogP contribution in [0.3, 0.4) is 0 Å². The van der Waals surface area contributed by atoms with Crippen LogP contribution in [0.2, 0.25) is 0 Å². The molecule has 0 aliphatic heterocycles. The van der Waals surface area contributed by atoms with Gasteiger partial charge in [0.05, 0.1) is 10.0 Å². The molecule has 4 heteroatoms. The highest BCUT2D eigenvalue weighted by Crippen LogP contribution is 2.36. The molecule has 0 radical (unpaired) electrons. The first-order valence-corrected chi connectivity index (χ1v) is 7.43. The minimum absolute atomic E-state index is 0.0100. The van der Waals surface area contributed by atoms with Crippen molar-refractivity contribution in [2.24, 2.45) is 5.92 Å². The number of pyridine rings is 1. The van der Waals surface area contributed by atoms with Crippen LogP contribution >= 0.6 is 27.5 Å². The molecule has 1 fully saturated rings. The van der Waals surface area contributed by atoms with Crippen molar-refractivity contribution in [3.05, 3.63) is 22.8 Å². The largest absolute Gasteiger partial charge is 0.362 e. The van der Waals surface area contributed by atoms with E-state index in [9.17, 15) is 0 Å². The van der Waals surface area contributed by atoms with Crippen molar-refractivity contribution in [3.63, 3.8) is 0 Å². The Bertz CT molecular complexity index is 385. The van der Waals surface area contributed by atoms with Crippen LogP contribution < -0.4 is 5.32 Å². The van der Waals surface area contributed by atoms with Crippen molar-refractivity contribution >= 4 is 33.3 Å². The lowest BCUT2D eigenvalue weighted by atomic mass is 9.77. The molecule has 1 aliphatic carbocycles. The number of nitrogens with one attached hydrogen (secondary N) is 1. The number of halogens is 2. The van der Waals surface area contributed by atoms with Crippen LogP contribution in [0.25, 0.3) is 0 Å². The van der Waals surface area contributed by atoms with Gasteiger partial charge in [-0.05, 0) is 46.8 Å². The van der Waals surface area contributed by atoms with Crippen molar-refractivity contribution in [1.82, 2.24) is 4.98 Å². The molecule has 2 nitrogen and oxygen atoms in total. The lowest BCUT2D eigenvalue weighted by Crippen LogP contribution is -2.44. The molecule has 0 bridgehead atoms. The maximum atomic E-state index is 6.20. The molecule has 1 aromatic rings. The molecule has 1 heterocycles. The van der Waals surface area contributed by atoms with Crippen molar-refractivity contribution in [3.8, 4) is 0 Å². The Morgan fingerprint density at radius 3 is 3.12 bits per heavy atom. The fraction of sp³-hybridized carbons (Fsp3) is 0.615. The molecule has 1 aromatic heterocycles. The van der Waals surface area contributed by atoms with Gasteiger partial charge < -0.3 is 5.32 Å². The summed E-state index contributed by atoms with van der Waals surface area (Å²) in [5.41, 5.74) is 0.0100. The zero-order chi connectivity index (χ0) is 12.3. The van der Waals surface area contributed by atoms with E-state index in [2.05, 4.69) is 33.2 Å². The Balaban J connectivity index is 2.17. The molecule has 0 amide bonds. The molecule has 2 rings (SSSR count). The Kier molecular flexibility index (Phi) is 4.31. The van der Waals surface area contributed by atoms with Crippen molar-refractivity contribution in [2.75, 3.05) is 11.2 Å². The molecule has 0 aromatic carbocycles. The van der Waals surface area contributed by atoms with Crippen LogP contribution in [0.5, 0.6) is 0 Å². The summed E-state index contributed by atoms with van der Waals surface area (Å²) in [5.74, 6) is 2.28. The van der Waals surface area contributed by atoms with Crippen LogP contribution in [-0.4, -0.2) is 16.4 Å². The summed E-state index contributed by atoms with van der Waals surface area (Å²) in [6, 6.07) is 3.93. The van der Waals surface area contributed by atoms with E-state index in [-0.39, 0.29) is 5.54 Å². The highest BCUT2D eigenvalue weighted by Gasteiger charge is 2.34. The number of hydrogen-bond donors (Lipinski definition) is 1. The summed E-state index contributed by atoms with van der Waals surface area (Å²) < 4.78 is 1.00. The molecule has 0 spiro atoms. The molecule has 94 valence electrons. The smallest absolute Gasteiger partial charge is 0.140 e. The predicted molar refractivity (Wildman–Crippen MR) is 76.6 cm³/mol. The second kappa shape index (κ2) is 5.57. The van der Waals surface area contributed by atoms with Gasteiger partial charge in [-0.15, -0.1) is 11.6 Å². The average Bonchev–Trinajstić information content (AvgIpc) is 2.32. The number of hydrogen-bond acceptors (Lipinski definition) is 2. The Labute approximate surface area is 116 Å². The lowest BCUT2D eigenvalue weighted by molar-refractivity contribution is 0.279. The highest BCUT2D eigenvalue weighted by atomic mass is 79.9. The Morgan fingerprint density at radius 1 is 1.65 bits per heavy atom. The zero-order valence-electron chi connectivity index (χ0n) is 10.0. The summed E-state index contributed by atoms with van der Waals surface area (Å²) in [5, 5.41) is 3.55. The predicted octanol–water partition coefficient (Wildman–Crippen LogP) is 4.44. The third-order valence-corrected chi connectivity index (χ3v) is 4.64. The maximum Gasteiger partial charge on any atom is 0.140 e. The summed E-state index contributed by atoms with van der Waals surface area (Å²) in [4.78, 5) is 4.37. The fourth-order valence-corrected chi connectivity index (χ4v) is 3.32. The fourth-order valence-electron chi connectivity index (χ4n) is 2.66. The lowest BCUT2D eigenvalue weighted by Gasteiger charge is -2.40. The first kappa shape index (κ1) is 13.2. The summed E-state index contributed by atoms with van der Waals surface area (Å²) in [6.07, 6.45) is 6.61. The summed E-state index contributed by atoms with van der Waals surface area (Å²) in [7, 11) is 0. The van der Waals surface area contributed by atoms with E-state index in [4.69, 9.17) is 11.6 Å². The van der Waals surface area contributed by atoms with Crippen LogP contribution in [-0.2, 0) is 0 Å². The van der Waals surface area contributed by atoms with E-state index >= 15 is 0 Å². The normalized spacial score (nSPS) is 29.0. The summed E-state index contributed by atoms with van der Waals surface area (Å²) in [6.45, 7) is 2.30. The molecule has 1 N–H and O–H groups in total. The van der Waals surface area contributed by atoms with Gasteiger partial charge in [-0.1, -0.05) is 19.8 Å². The van der Waals surface area contributed by atoms with Crippen LogP contribution in [0.15, 0.2) is 22.8 Å². The second-order valence-electron chi connectivity index (χ2n) is 5.07. The van der Waals surface area contributed by atoms with Gasteiger partial charge in [-0.2, -0.15) is 0 Å². The Hall–Kier alpha value is -0.280. The van der Waals surface area contributed by atoms with Gasteiger partial charge in [0.25, 0.3) is 0 Å². The molecular formula is C13H18BrClN2. The van der Waals surface area contributed by atoms with E-state index in [1.54, 1.807) is 6.20 Å². The van der Waals surface area contributed by atoms with Gasteiger partial charge in [0.1, 0.15) is 5.82 Å². The number of aromatic nitrogens is 1. The van der Waals surface area contributed by atoms with Gasteiger partial charge >= 0.3 is 0 Å². The van der Waals surface area contributed by atoms with Crippen molar-refractivity contribution in [2.45, 2.75) is 38.1 Å². The second-order valence-corrected chi connectivity index (χ2v) is 6.20. The standard InChI is InChI=1S/C13H18BrClN2/c1-10-4-2-6-13(8-10,9-15)17-12-11(14)5-3-7-16-12/h3,5,7,10H,2,4,6,8-9H2,1H3,(H,16,17). The average molecular weight is 318 g/mol. The summed E-state index contributed by atoms with van der Waals surface area (Å²) >= 11 is 9.72. The monoisotopic (exact) mass is 316 g/mol. The maximum absolute atomic E-state index is 6.20. The molecule has 17 heavy (non-hydrogen) atoms. The number of nitrogens with zero attached hydrogens (tertiary/aromatic N) is 1. The van der Waals surface area contributed by atoms with Gasteiger partial charge in [0, 0.05) is 12.1 Å². The molecule has 0 saturated heterocycles. The van der Waals surface area contributed by atoms with Crippen molar-refractivity contribution in [1.29, 1.82) is 0 Å². The van der Waals surface area contributed by atoms with E-state index in [0.29, 0.717) is 5.88 Å². The van der Waals surface area contributed by atoms with E-state index in [1.807, 2.05) is 12.1 Å². The first-order valence-electron chi connectivity index (χ1n) is 6.10. The van der Waals surface area contributed by atoms with Crippen molar-refractivity contribution < 1.29 is 0 Å². The van der Waals surface area contributed by atoms with Crippen LogP contribution in [0.1, 0.15) is 32.6 Å². The van der Waals surface area contributed by atoms with Gasteiger partial charge in [-0.25, -0.2) is 4.98 Å².